The molecule has 0 amide bonds. The smallest absolute Gasteiger partial charge is 0.211 e. The number of sulfonamides is 1. The zero-order valence-corrected chi connectivity index (χ0v) is 17.4. The molecule has 2 aromatic heterocycles. The molecule has 0 spiro atoms. The number of piperazine rings is 1. The minimum Gasteiger partial charge on any atom is -0.354 e. The fourth-order valence-corrected chi connectivity index (χ4v) is 4.19. The van der Waals surface area contributed by atoms with Gasteiger partial charge in [0.2, 0.25) is 10.0 Å². The zero-order valence-electron chi connectivity index (χ0n) is 15.9. The summed E-state index contributed by atoms with van der Waals surface area (Å²) >= 11 is 6.03. The summed E-state index contributed by atoms with van der Waals surface area (Å²) in [6.07, 6.45) is 4.68. The second kappa shape index (κ2) is 8.06. The van der Waals surface area contributed by atoms with Gasteiger partial charge in [0.15, 0.2) is 5.82 Å². The van der Waals surface area contributed by atoms with E-state index in [2.05, 4.69) is 9.88 Å². The highest BCUT2D eigenvalue weighted by Gasteiger charge is 2.25. The summed E-state index contributed by atoms with van der Waals surface area (Å²) < 4.78 is 25.1. The Morgan fingerprint density at radius 3 is 2.31 bits per heavy atom. The van der Waals surface area contributed by atoms with Crippen LogP contribution in [0.3, 0.4) is 0 Å². The SMILES string of the molecule is CS(=O)(=O)N1CCN(c2cc(-c3ccc(Cl)cc3)nc(-c3cccnc3)n2)CC1. The lowest BCUT2D eigenvalue weighted by molar-refractivity contribution is 0.387. The van der Waals surface area contributed by atoms with E-state index in [1.807, 2.05) is 42.5 Å². The van der Waals surface area contributed by atoms with Crippen LogP contribution >= 0.6 is 11.6 Å². The van der Waals surface area contributed by atoms with Crippen LogP contribution in [0.2, 0.25) is 5.02 Å². The molecule has 0 N–H and O–H groups in total. The number of benzene rings is 1. The van der Waals surface area contributed by atoms with Gasteiger partial charge in [0, 0.05) is 60.8 Å². The normalized spacial score (nSPS) is 15.4. The Morgan fingerprint density at radius 2 is 1.69 bits per heavy atom. The van der Waals surface area contributed by atoms with Gasteiger partial charge in [0.05, 0.1) is 11.9 Å². The van der Waals surface area contributed by atoms with Crippen molar-refractivity contribution in [1.29, 1.82) is 0 Å². The van der Waals surface area contributed by atoms with Crippen LogP contribution in [0.15, 0.2) is 54.9 Å². The van der Waals surface area contributed by atoms with Crippen LogP contribution < -0.4 is 4.90 Å². The van der Waals surface area contributed by atoms with Gasteiger partial charge in [-0.2, -0.15) is 4.31 Å². The third-order valence-corrected chi connectivity index (χ3v) is 6.36. The summed E-state index contributed by atoms with van der Waals surface area (Å²) in [6, 6.07) is 13.2. The molecule has 9 heteroatoms. The molecular weight excluding hydrogens is 410 g/mol. The Kier molecular flexibility index (Phi) is 5.49. The van der Waals surface area contributed by atoms with Crippen LogP contribution in [0, 0.1) is 0 Å². The van der Waals surface area contributed by atoms with Crippen molar-refractivity contribution in [3.8, 4) is 22.6 Å². The third kappa shape index (κ3) is 4.55. The molecular formula is C20H20ClN5O2S. The molecule has 150 valence electrons. The van der Waals surface area contributed by atoms with E-state index in [0.717, 1.165) is 22.6 Å². The van der Waals surface area contributed by atoms with E-state index in [4.69, 9.17) is 21.6 Å². The lowest BCUT2D eigenvalue weighted by Crippen LogP contribution is -2.48. The largest absolute Gasteiger partial charge is 0.354 e. The number of halogens is 1. The molecule has 1 aliphatic heterocycles. The monoisotopic (exact) mass is 429 g/mol. The van der Waals surface area contributed by atoms with Gasteiger partial charge in [0.25, 0.3) is 0 Å². The molecule has 0 aliphatic carbocycles. The number of anilines is 1. The summed E-state index contributed by atoms with van der Waals surface area (Å²) in [6.45, 7) is 2.00. The molecule has 3 heterocycles. The predicted octanol–water partition coefficient (Wildman–Crippen LogP) is 2.94. The summed E-state index contributed by atoms with van der Waals surface area (Å²) in [5.74, 6) is 1.34. The Morgan fingerprint density at radius 1 is 0.966 bits per heavy atom. The molecule has 1 aliphatic rings. The van der Waals surface area contributed by atoms with Gasteiger partial charge in [-0.15, -0.1) is 0 Å². The maximum atomic E-state index is 11.8. The topological polar surface area (TPSA) is 79.3 Å². The molecule has 0 saturated carbocycles. The quantitative estimate of drug-likeness (QED) is 0.634. The standard InChI is InChI=1S/C20H20ClN5O2S/c1-29(27,28)26-11-9-25(10-12-26)19-13-18(15-4-6-17(21)7-5-15)23-20(24-19)16-3-2-8-22-14-16/h2-8,13-14H,9-12H2,1H3. The van der Waals surface area contributed by atoms with Gasteiger partial charge in [-0.25, -0.2) is 18.4 Å². The maximum absolute atomic E-state index is 11.8. The van der Waals surface area contributed by atoms with Gasteiger partial charge >= 0.3 is 0 Å². The van der Waals surface area contributed by atoms with Gasteiger partial charge in [-0.05, 0) is 24.3 Å². The molecule has 0 atom stereocenters. The zero-order chi connectivity index (χ0) is 20.4. The van der Waals surface area contributed by atoms with E-state index in [0.29, 0.717) is 37.0 Å². The second-order valence-corrected chi connectivity index (χ2v) is 9.25. The van der Waals surface area contributed by atoms with E-state index in [-0.39, 0.29) is 0 Å². The van der Waals surface area contributed by atoms with Crippen molar-refractivity contribution >= 4 is 27.4 Å². The first-order valence-electron chi connectivity index (χ1n) is 9.16. The minimum absolute atomic E-state index is 0.432. The highest BCUT2D eigenvalue weighted by Crippen LogP contribution is 2.27. The number of nitrogens with zero attached hydrogens (tertiary/aromatic N) is 5. The van der Waals surface area contributed by atoms with Crippen molar-refractivity contribution in [2.45, 2.75) is 0 Å². The van der Waals surface area contributed by atoms with E-state index >= 15 is 0 Å². The van der Waals surface area contributed by atoms with Crippen molar-refractivity contribution < 1.29 is 8.42 Å². The van der Waals surface area contributed by atoms with E-state index < -0.39 is 10.0 Å². The Balaban J connectivity index is 1.72. The second-order valence-electron chi connectivity index (χ2n) is 6.83. The molecule has 1 fully saturated rings. The van der Waals surface area contributed by atoms with E-state index in [9.17, 15) is 8.42 Å². The highest BCUT2D eigenvalue weighted by molar-refractivity contribution is 7.88. The van der Waals surface area contributed by atoms with Crippen molar-refractivity contribution in [2.24, 2.45) is 0 Å². The molecule has 4 rings (SSSR count). The maximum Gasteiger partial charge on any atom is 0.211 e. The fourth-order valence-electron chi connectivity index (χ4n) is 3.24. The highest BCUT2D eigenvalue weighted by atomic mass is 35.5. The number of rotatable bonds is 4. The van der Waals surface area contributed by atoms with Crippen LogP contribution in [0.25, 0.3) is 22.6 Å². The molecule has 1 saturated heterocycles. The average molecular weight is 430 g/mol. The van der Waals surface area contributed by atoms with Gasteiger partial charge in [-0.1, -0.05) is 23.7 Å². The van der Waals surface area contributed by atoms with Crippen molar-refractivity contribution in [3.63, 3.8) is 0 Å². The predicted molar refractivity (Wildman–Crippen MR) is 114 cm³/mol. The summed E-state index contributed by atoms with van der Waals surface area (Å²) in [4.78, 5) is 15.7. The summed E-state index contributed by atoms with van der Waals surface area (Å²) in [5, 5.41) is 0.660. The molecule has 29 heavy (non-hydrogen) atoms. The average Bonchev–Trinajstić information content (AvgIpc) is 2.74. The van der Waals surface area contributed by atoms with Crippen molar-refractivity contribution in [1.82, 2.24) is 19.3 Å². The molecule has 1 aromatic carbocycles. The molecule has 0 unspecified atom stereocenters. The number of aromatic nitrogens is 3. The number of pyridine rings is 1. The lowest BCUT2D eigenvalue weighted by Gasteiger charge is -2.34. The van der Waals surface area contributed by atoms with Crippen LogP contribution in [0.5, 0.6) is 0 Å². The van der Waals surface area contributed by atoms with Crippen LogP contribution in [-0.2, 0) is 10.0 Å². The van der Waals surface area contributed by atoms with Gasteiger partial charge in [0.1, 0.15) is 5.82 Å². The van der Waals surface area contributed by atoms with Gasteiger partial charge < -0.3 is 4.90 Å². The Labute approximate surface area is 175 Å². The summed E-state index contributed by atoms with van der Waals surface area (Å²) in [5.41, 5.74) is 2.52. The first-order valence-corrected chi connectivity index (χ1v) is 11.4. The first-order chi connectivity index (χ1) is 13.9. The lowest BCUT2D eigenvalue weighted by atomic mass is 10.1. The number of hydrogen-bond acceptors (Lipinski definition) is 6. The van der Waals surface area contributed by atoms with Crippen molar-refractivity contribution in [3.05, 3.63) is 59.9 Å². The fraction of sp³-hybridized carbons (Fsp3) is 0.250. The van der Waals surface area contributed by atoms with Crippen molar-refractivity contribution in [2.75, 3.05) is 37.3 Å². The molecule has 7 nitrogen and oxygen atoms in total. The molecule has 3 aromatic rings. The van der Waals surface area contributed by atoms with Crippen LogP contribution in [-0.4, -0.2) is 60.1 Å². The third-order valence-electron chi connectivity index (χ3n) is 4.80. The Hall–Kier alpha value is -2.55. The minimum atomic E-state index is -3.18. The number of hydrogen-bond donors (Lipinski definition) is 0. The Bertz CT molecular complexity index is 1100. The van der Waals surface area contributed by atoms with E-state index in [1.165, 1.54) is 10.6 Å². The van der Waals surface area contributed by atoms with Gasteiger partial charge in [-0.3, -0.25) is 4.98 Å². The first kappa shape index (κ1) is 19.8. The van der Waals surface area contributed by atoms with Crippen LogP contribution in [0.4, 0.5) is 5.82 Å². The van der Waals surface area contributed by atoms with E-state index in [1.54, 1.807) is 12.4 Å². The molecule has 0 radical (unpaired) electrons. The molecule has 0 bridgehead atoms. The van der Waals surface area contributed by atoms with Crippen LogP contribution in [0.1, 0.15) is 0 Å². The summed E-state index contributed by atoms with van der Waals surface area (Å²) in [7, 11) is -3.18.